The smallest absolute Gasteiger partial charge is 0.369 e. The number of halogens is 3. The van der Waals surface area contributed by atoms with E-state index < -0.39 is 17.2 Å². The van der Waals surface area contributed by atoms with E-state index >= 15 is 0 Å². The Bertz CT molecular complexity index is 556. The molecule has 1 aromatic rings. The summed E-state index contributed by atoms with van der Waals surface area (Å²) in [5.41, 5.74) is 5.45. The quantitative estimate of drug-likeness (QED) is 0.903. The van der Waals surface area contributed by atoms with Crippen molar-refractivity contribution in [3.63, 3.8) is 0 Å². The number of benzene rings is 1. The molecule has 3 fully saturated rings. The van der Waals surface area contributed by atoms with Gasteiger partial charge in [0.05, 0.1) is 11.0 Å². The molecule has 0 saturated heterocycles. The van der Waals surface area contributed by atoms with Crippen LogP contribution in [0.2, 0.25) is 0 Å². The van der Waals surface area contributed by atoms with Crippen LogP contribution >= 0.6 is 0 Å². The summed E-state index contributed by atoms with van der Waals surface area (Å²) in [5.74, 6) is 0.567. The van der Waals surface area contributed by atoms with E-state index in [9.17, 15) is 18.0 Å². The highest BCUT2D eigenvalue weighted by atomic mass is 19.4. The molecule has 3 aliphatic rings. The molecule has 4 rings (SSSR count). The lowest BCUT2D eigenvalue weighted by molar-refractivity contribution is -0.139. The first kappa shape index (κ1) is 15.4. The molecule has 1 amide bonds. The van der Waals surface area contributed by atoms with Crippen molar-refractivity contribution in [3.05, 3.63) is 35.4 Å². The van der Waals surface area contributed by atoms with Crippen LogP contribution in [0.4, 0.5) is 13.2 Å². The number of carbonyl (C=O) groups is 1. The molecule has 22 heavy (non-hydrogen) atoms. The van der Waals surface area contributed by atoms with E-state index in [1.165, 1.54) is 12.1 Å². The summed E-state index contributed by atoms with van der Waals surface area (Å²) >= 11 is 0. The zero-order valence-corrected chi connectivity index (χ0v) is 12.3. The molecule has 0 aromatic heterocycles. The molecule has 2 bridgehead atoms. The highest BCUT2D eigenvalue weighted by Crippen LogP contribution is 2.54. The maximum absolute atomic E-state index is 12.6. The third kappa shape index (κ3) is 2.61. The molecule has 1 aromatic carbocycles. The molecular formula is C17H20F3NO. The Hall–Kier alpha value is -1.52. The molecule has 0 radical (unpaired) electrons. The van der Waals surface area contributed by atoms with E-state index in [-0.39, 0.29) is 11.8 Å². The lowest BCUT2D eigenvalue weighted by atomic mass is 9.53. The third-order valence-electron chi connectivity index (χ3n) is 5.65. The van der Waals surface area contributed by atoms with Gasteiger partial charge in [-0.05, 0) is 68.1 Å². The predicted molar refractivity (Wildman–Crippen MR) is 76.8 cm³/mol. The van der Waals surface area contributed by atoms with Gasteiger partial charge in [0.2, 0.25) is 5.91 Å². The Morgan fingerprint density at radius 1 is 1.18 bits per heavy atom. The average Bonchev–Trinajstić information content (AvgIpc) is 2.48. The standard InChI is InChI=1S/C17H20F3NO/c18-17(19,20)13-3-1-11(2-4-13)9-14-10-12-5-7-16(14,8-6-12)15(21)22/h1-4,12,14H,5-10H2,(H2,21,22). The lowest BCUT2D eigenvalue weighted by Gasteiger charge is -2.50. The second kappa shape index (κ2) is 5.28. The summed E-state index contributed by atoms with van der Waals surface area (Å²) in [6, 6.07) is 5.29. The van der Waals surface area contributed by atoms with Crippen molar-refractivity contribution < 1.29 is 18.0 Å². The van der Waals surface area contributed by atoms with Crippen molar-refractivity contribution in [3.8, 4) is 0 Å². The second-order valence-electron chi connectivity index (χ2n) is 6.80. The van der Waals surface area contributed by atoms with E-state index in [1.54, 1.807) is 0 Å². The van der Waals surface area contributed by atoms with Gasteiger partial charge in [0.15, 0.2) is 0 Å². The van der Waals surface area contributed by atoms with Crippen molar-refractivity contribution in [1.82, 2.24) is 0 Å². The molecule has 5 heteroatoms. The Labute approximate surface area is 127 Å². The van der Waals surface area contributed by atoms with E-state index in [1.807, 2.05) is 0 Å². The average molecular weight is 311 g/mol. The van der Waals surface area contributed by atoms with Gasteiger partial charge in [-0.15, -0.1) is 0 Å². The van der Waals surface area contributed by atoms with Crippen molar-refractivity contribution >= 4 is 5.91 Å². The number of nitrogens with two attached hydrogens (primary N) is 1. The first-order valence-electron chi connectivity index (χ1n) is 7.77. The number of hydrogen-bond acceptors (Lipinski definition) is 1. The summed E-state index contributed by atoms with van der Waals surface area (Å²) in [4.78, 5) is 12.0. The first-order chi connectivity index (χ1) is 10.3. The van der Waals surface area contributed by atoms with Crippen molar-refractivity contribution in [2.45, 2.75) is 44.7 Å². The summed E-state index contributed by atoms with van der Waals surface area (Å²) in [5, 5.41) is 0. The third-order valence-corrected chi connectivity index (χ3v) is 5.65. The number of amides is 1. The van der Waals surface area contributed by atoms with Gasteiger partial charge in [0.25, 0.3) is 0 Å². The van der Waals surface area contributed by atoms with Crippen LogP contribution in [0.5, 0.6) is 0 Å². The van der Waals surface area contributed by atoms with E-state index in [0.717, 1.165) is 49.8 Å². The minimum absolute atomic E-state index is 0.161. The fourth-order valence-corrected chi connectivity index (χ4v) is 4.31. The monoisotopic (exact) mass is 311 g/mol. The first-order valence-corrected chi connectivity index (χ1v) is 7.77. The Morgan fingerprint density at radius 2 is 1.77 bits per heavy atom. The zero-order chi connectivity index (χ0) is 16.0. The van der Waals surface area contributed by atoms with Crippen molar-refractivity contribution in [1.29, 1.82) is 0 Å². The number of fused-ring (bicyclic) bond motifs is 3. The fraction of sp³-hybridized carbons (Fsp3) is 0.588. The molecule has 0 heterocycles. The summed E-state index contributed by atoms with van der Waals surface area (Å²) < 4.78 is 37.8. The molecule has 3 aliphatic carbocycles. The van der Waals surface area contributed by atoms with E-state index in [0.29, 0.717) is 12.3 Å². The molecule has 2 nitrogen and oxygen atoms in total. The molecule has 1 unspecified atom stereocenters. The molecule has 2 N–H and O–H groups in total. The van der Waals surface area contributed by atoms with Crippen LogP contribution in [0.15, 0.2) is 24.3 Å². The molecule has 3 saturated carbocycles. The van der Waals surface area contributed by atoms with Crippen LogP contribution in [0.3, 0.4) is 0 Å². The molecule has 0 spiro atoms. The van der Waals surface area contributed by atoms with Gasteiger partial charge >= 0.3 is 6.18 Å². The van der Waals surface area contributed by atoms with Crippen LogP contribution in [-0.2, 0) is 17.4 Å². The highest BCUT2D eigenvalue weighted by Gasteiger charge is 2.51. The molecule has 0 aliphatic heterocycles. The number of hydrogen-bond donors (Lipinski definition) is 1. The SMILES string of the molecule is NC(=O)C12CCC(CC1)CC2Cc1ccc(C(F)(F)F)cc1. The predicted octanol–water partition coefficient (Wildman–Crippen LogP) is 3.93. The van der Waals surface area contributed by atoms with Gasteiger partial charge in [-0.3, -0.25) is 4.79 Å². The summed E-state index contributed by atoms with van der Waals surface area (Å²) in [7, 11) is 0. The van der Waals surface area contributed by atoms with Gasteiger partial charge < -0.3 is 5.73 Å². The van der Waals surface area contributed by atoms with Crippen molar-refractivity contribution in [2.24, 2.45) is 23.0 Å². The number of carbonyl (C=O) groups excluding carboxylic acids is 1. The molecule has 1 atom stereocenters. The van der Waals surface area contributed by atoms with Gasteiger partial charge in [0.1, 0.15) is 0 Å². The number of alkyl halides is 3. The van der Waals surface area contributed by atoms with Crippen LogP contribution in [0.25, 0.3) is 0 Å². The maximum Gasteiger partial charge on any atom is 0.416 e. The normalized spacial score (nSPS) is 31.2. The van der Waals surface area contributed by atoms with Gasteiger partial charge in [-0.1, -0.05) is 12.1 Å². The van der Waals surface area contributed by atoms with Gasteiger partial charge in [0, 0.05) is 0 Å². The van der Waals surface area contributed by atoms with Crippen molar-refractivity contribution in [2.75, 3.05) is 0 Å². The summed E-state index contributed by atoms with van der Waals surface area (Å²) in [6.45, 7) is 0. The maximum atomic E-state index is 12.6. The van der Waals surface area contributed by atoms with Crippen LogP contribution < -0.4 is 5.73 Å². The van der Waals surface area contributed by atoms with Crippen LogP contribution in [-0.4, -0.2) is 5.91 Å². The lowest BCUT2D eigenvalue weighted by Crippen LogP contribution is -2.51. The Kier molecular flexibility index (Phi) is 3.69. The van der Waals surface area contributed by atoms with Gasteiger partial charge in [-0.2, -0.15) is 13.2 Å². The number of primary amides is 1. The number of rotatable bonds is 3. The van der Waals surface area contributed by atoms with Crippen LogP contribution in [0, 0.1) is 17.3 Å². The zero-order valence-electron chi connectivity index (χ0n) is 12.3. The minimum atomic E-state index is -4.31. The topological polar surface area (TPSA) is 43.1 Å². The summed E-state index contributed by atoms with van der Waals surface area (Å²) in [6.07, 6.45) is 1.05. The second-order valence-corrected chi connectivity index (χ2v) is 6.80. The van der Waals surface area contributed by atoms with Crippen LogP contribution in [0.1, 0.15) is 43.2 Å². The van der Waals surface area contributed by atoms with Gasteiger partial charge in [-0.25, -0.2) is 0 Å². The van der Waals surface area contributed by atoms with E-state index in [4.69, 9.17) is 5.73 Å². The molecule has 120 valence electrons. The molecular weight excluding hydrogens is 291 g/mol. The van der Waals surface area contributed by atoms with E-state index in [2.05, 4.69) is 0 Å². The minimum Gasteiger partial charge on any atom is -0.369 e. The highest BCUT2D eigenvalue weighted by molar-refractivity contribution is 5.81. The largest absolute Gasteiger partial charge is 0.416 e. The Balaban J connectivity index is 1.79. The fourth-order valence-electron chi connectivity index (χ4n) is 4.31. The Morgan fingerprint density at radius 3 is 2.27 bits per heavy atom.